The smallest absolute Gasteiger partial charge is 0.267 e. The second-order valence-corrected chi connectivity index (χ2v) is 31.2. The molecule has 0 aromatic heterocycles. The predicted octanol–water partition coefficient (Wildman–Crippen LogP) is 8.82. The van der Waals surface area contributed by atoms with Crippen LogP contribution in [0.3, 0.4) is 0 Å². The van der Waals surface area contributed by atoms with Crippen molar-refractivity contribution in [1.82, 2.24) is 0 Å². The number of unbranched alkanes of at least 4 members (excludes halogenated alkanes) is 3. The fraction of sp³-hybridized carbons (Fsp3) is 0.714. The lowest BCUT2D eigenvalue weighted by atomic mass is 9.77. The van der Waals surface area contributed by atoms with Crippen molar-refractivity contribution in [2.45, 2.75) is 83.1 Å². The minimum atomic E-state index is -1.40. The van der Waals surface area contributed by atoms with Gasteiger partial charge in [0.05, 0.1) is 6.61 Å². The van der Waals surface area contributed by atoms with Crippen LogP contribution in [-0.2, 0) is 0 Å². The molecule has 0 aliphatic heterocycles. The SMILES string of the molecule is CCCC1CCC(c2ccc(OCCCCCC[Si](Br)(Br)Br)cc2)CC1. The van der Waals surface area contributed by atoms with Crippen molar-refractivity contribution in [1.29, 1.82) is 0 Å². The van der Waals surface area contributed by atoms with E-state index < -0.39 is 3.93 Å². The zero-order chi connectivity index (χ0) is 18.8. The number of ether oxygens (including phenoxy) is 1. The lowest BCUT2D eigenvalue weighted by Gasteiger charge is -2.28. The summed E-state index contributed by atoms with van der Waals surface area (Å²) in [6.45, 7) is 3.15. The van der Waals surface area contributed by atoms with Crippen LogP contribution in [0.4, 0.5) is 0 Å². The molecule has 0 saturated heterocycles. The third-order valence-electron chi connectivity index (χ3n) is 5.52. The molecule has 0 unspecified atom stereocenters. The first-order valence-electron chi connectivity index (χ1n) is 10.3. The number of rotatable bonds is 11. The van der Waals surface area contributed by atoms with Crippen molar-refractivity contribution < 1.29 is 4.74 Å². The molecule has 0 N–H and O–H groups in total. The molecule has 1 nitrogen and oxygen atoms in total. The van der Waals surface area contributed by atoms with Gasteiger partial charge in [-0.2, -0.15) is 0 Å². The number of halogens is 3. The maximum atomic E-state index is 5.93. The first-order chi connectivity index (χ1) is 12.5. The van der Waals surface area contributed by atoms with Crippen molar-refractivity contribution >= 4 is 49.8 Å². The highest BCUT2D eigenvalue weighted by atomic mass is 80.0. The van der Waals surface area contributed by atoms with Gasteiger partial charge in [-0.15, -0.1) is 0 Å². The Hall–Kier alpha value is 0.677. The molecule has 1 aromatic rings. The summed E-state index contributed by atoms with van der Waals surface area (Å²) in [7, 11) is 0. The summed E-state index contributed by atoms with van der Waals surface area (Å²) in [5.74, 6) is 2.78. The Morgan fingerprint density at radius 3 is 2.19 bits per heavy atom. The summed E-state index contributed by atoms with van der Waals surface area (Å²) >= 11 is 11.1. The Morgan fingerprint density at radius 1 is 0.923 bits per heavy atom. The first-order valence-corrected chi connectivity index (χ1v) is 19.2. The van der Waals surface area contributed by atoms with Gasteiger partial charge in [0, 0.05) is 0 Å². The van der Waals surface area contributed by atoms with Crippen molar-refractivity contribution in [3.63, 3.8) is 0 Å². The molecular weight excluding hydrogens is 536 g/mol. The molecule has 1 aromatic carbocycles. The van der Waals surface area contributed by atoms with Crippen LogP contribution in [0, 0.1) is 5.92 Å². The highest BCUT2D eigenvalue weighted by Crippen LogP contribution is 2.38. The second kappa shape index (κ2) is 12.3. The topological polar surface area (TPSA) is 9.23 Å². The van der Waals surface area contributed by atoms with E-state index in [1.165, 1.54) is 69.4 Å². The standard InChI is InChI=1S/C21H33Br3OSi/c1-2-7-18-8-10-19(11-9-18)20-12-14-21(15-13-20)25-16-5-3-4-6-17-26(22,23)24/h12-15,18-19H,2-11,16-17H2,1H3. The summed E-state index contributed by atoms with van der Waals surface area (Å²) in [5.41, 5.74) is 1.51. The summed E-state index contributed by atoms with van der Waals surface area (Å²) in [6.07, 6.45) is 13.3. The van der Waals surface area contributed by atoms with E-state index in [0.29, 0.717) is 0 Å². The highest BCUT2D eigenvalue weighted by Gasteiger charge is 2.22. The first kappa shape index (κ1) is 23.0. The minimum Gasteiger partial charge on any atom is -0.494 e. The molecule has 0 bridgehead atoms. The van der Waals surface area contributed by atoms with Crippen molar-refractivity contribution in [3.8, 4) is 5.75 Å². The molecule has 1 aliphatic rings. The molecule has 148 valence electrons. The zero-order valence-electron chi connectivity index (χ0n) is 16.0. The van der Waals surface area contributed by atoms with Crippen LogP contribution in [0.5, 0.6) is 5.75 Å². The van der Waals surface area contributed by atoms with E-state index in [-0.39, 0.29) is 0 Å². The maximum Gasteiger partial charge on any atom is 0.267 e. The number of benzene rings is 1. The predicted molar refractivity (Wildman–Crippen MR) is 127 cm³/mol. The van der Waals surface area contributed by atoms with Crippen molar-refractivity contribution in [2.75, 3.05) is 6.61 Å². The van der Waals surface area contributed by atoms with Gasteiger partial charge in [-0.25, -0.2) is 0 Å². The molecule has 1 saturated carbocycles. The molecule has 0 heterocycles. The fourth-order valence-electron chi connectivity index (χ4n) is 4.00. The third kappa shape index (κ3) is 9.25. The van der Waals surface area contributed by atoms with Crippen LogP contribution in [0.15, 0.2) is 24.3 Å². The van der Waals surface area contributed by atoms with Gasteiger partial charge in [-0.05, 0) is 67.7 Å². The van der Waals surface area contributed by atoms with E-state index >= 15 is 0 Å². The Morgan fingerprint density at radius 2 is 1.58 bits per heavy atom. The van der Waals surface area contributed by atoms with Crippen molar-refractivity contribution in [3.05, 3.63) is 29.8 Å². The quantitative estimate of drug-likeness (QED) is 0.147. The molecule has 0 atom stereocenters. The Labute approximate surface area is 184 Å². The van der Waals surface area contributed by atoms with Crippen LogP contribution in [-0.4, -0.2) is 10.5 Å². The second-order valence-electron chi connectivity index (χ2n) is 7.70. The van der Waals surface area contributed by atoms with Crippen molar-refractivity contribution in [2.24, 2.45) is 5.92 Å². The summed E-state index contributed by atoms with van der Waals surface area (Å²) in [4.78, 5) is 0. The van der Waals surface area contributed by atoms with Gasteiger partial charge in [0.1, 0.15) is 5.75 Å². The molecule has 1 fully saturated rings. The van der Waals surface area contributed by atoms with Gasteiger partial charge >= 0.3 is 0 Å². The normalized spacial score (nSPS) is 20.9. The lowest BCUT2D eigenvalue weighted by molar-refractivity contribution is 0.302. The highest BCUT2D eigenvalue weighted by molar-refractivity contribution is 9.72. The lowest BCUT2D eigenvalue weighted by Crippen LogP contribution is -2.13. The zero-order valence-corrected chi connectivity index (χ0v) is 21.7. The summed E-state index contributed by atoms with van der Waals surface area (Å²) in [5, 5.41) is 0. The maximum absolute atomic E-state index is 5.93. The Balaban J connectivity index is 1.61. The van der Waals surface area contributed by atoms with E-state index in [1.54, 1.807) is 0 Å². The molecule has 2 rings (SSSR count). The molecule has 1 aliphatic carbocycles. The Bertz CT molecular complexity index is 493. The number of hydrogen-bond donors (Lipinski definition) is 0. The van der Waals surface area contributed by atoms with E-state index in [0.717, 1.165) is 30.6 Å². The molecule has 26 heavy (non-hydrogen) atoms. The number of hydrogen-bond acceptors (Lipinski definition) is 1. The van der Waals surface area contributed by atoms with Crippen LogP contribution in [0.1, 0.15) is 82.6 Å². The van der Waals surface area contributed by atoms with Gasteiger partial charge in [0.15, 0.2) is 0 Å². The fourth-order valence-corrected chi connectivity index (χ4v) is 7.17. The molecule has 0 radical (unpaired) electrons. The molecule has 5 heteroatoms. The minimum absolute atomic E-state index is 0.770. The summed E-state index contributed by atoms with van der Waals surface area (Å²) < 4.78 is 4.53. The molecule has 0 spiro atoms. The van der Waals surface area contributed by atoms with Gasteiger partial charge < -0.3 is 4.74 Å². The van der Waals surface area contributed by atoms with Crippen LogP contribution in [0.2, 0.25) is 6.04 Å². The van der Waals surface area contributed by atoms with Gasteiger partial charge in [0.25, 0.3) is 3.93 Å². The van der Waals surface area contributed by atoms with E-state index in [1.807, 2.05) is 0 Å². The third-order valence-corrected chi connectivity index (χ3v) is 10.0. The molecule has 0 amide bonds. The molecular formula is C21H33Br3OSi. The van der Waals surface area contributed by atoms with Gasteiger partial charge in [0.2, 0.25) is 0 Å². The van der Waals surface area contributed by atoms with Gasteiger partial charge in [-0.3, -0.25) is 0 Å². The summed E-state index contributed by atoms with van der Waals surface area (Å²) in [6, 6.07) is 10.2. The van der Waals surface area contributed by atoms with Crippen LogP contribution in [0.25, 0.3) is 0 Å². The Kier molecular flexibility index (Phi) is 10.8. The van der Waals surface area contributed by atoms with Crippen LogP contribution >= 0.6 is 45.9 Å². The average molecular weight is 569 g/mol. The van der Waals surface area contributed by atoms with Crippen LogP contribution < -0.4 is 4.74 Å². The average Bonchev–Trinajstić information content (AvgIpc) is 2.61. The largest absolute Gasteiger partial charge is 0.494 e. The van der Waals surface area contributed by atoms with E-state index in [4.69, 9.17) is 4.74 Å². The van der Waals surface area contributed by atoms with Gasteiger partial charge in [-0.1, -0.05) is 97.0 Å². The monoisotopic (exact) mass is 566 g/mol. The van der Waals surface area contributed by atoms with E-state index in [2.05, 4.69) is 77.1 Å². The van der Waals surface area contributed by atoms with E-state index in [9.17, 15) is 0 Å².